The van der Waals surface area contributed by atoms with E-state index < -0.39 is 16.7 Å². The number of halogens is 1. The van der Waals surface area contributed by atoms with Crippen LogP contribution in [0.5, 0.6) is 0 Å². The van der Waals surface area contributed by atoms with Crippen molar-refractivity contribution in [1.82, 2.24) is 4.98 Å². The summed E-state index contributed by atoms with van der Waals surface area (Å²) in [5.41, 5.74) is 0.557. The average molecular weight is 374 g/mol. The Bertz CT molecular complexity index is 836. The predicted octanol–water partition coefficient (Wildman–Crippen LogP) is 2.63. The van der Waals surface area contributed by atoms with E-state index in [-0.39, 0.29) is 11.4 Å². The van der Waals surface area contributed by atoms with Crippen LogP contribution in [0.2, 0.25) is 0 Å². The van der Waals surface area contributed by atoms with Gasteiger partial charge in [-0.2, -0.15) is 0 Å². The molecule has 0 saturated carbocycles. The van der Waals surface area contributed by atoms with Crippen LogP contribution in [0.15, 0.2) is 36.5 Å². The number of piperazine rings is 1. The molecule has 0 amide bonds. The Labute approximate surface area is 155 Å². The molecule has 2 aromatic rings. The summed E-state index contributed by atoms with van der Waals surface area (Å²) < 4.78 is 18.5. The molecule has 9 heteroatoms. The number of benzene rings is 1. The molecule has 1 aromatic heterocycles. The van der Waals surface area contributed by atoms with E-state index in [1.54, 1.807) is 24.0 Å². The normalized spacial score (nSPS) is 14.1. The first-order valence-electron chi connectivity index (χ1n) is 8.56. The Balaban J connectivity index is 1.68. The number of aromatic nitrogens is 1. The molecule has 1 saturated heterocycles. The van der Waals surface area contributed by atoms with Crippen molar-refractivity contribution in [1.29, 1.82) is 0 Å². The molecular formula is C18H19FN4O4. The zero-order valence-electron chi connectivity index (χ0n) is 14.8. The third kappa shape index (κ3) is 4.13. The molecule has 0 bridgehead atoms. The van der Waals surface area contributed by atoms with Gasteiger partial charge in [-0.05, 0) is 25.1 Å². The van der Waals surface area contributed by atoms with Gasteiger partial charge >= 0.3 is 5.97 Å². The van der Waals surface area contributed by atoms with E-state index in [4.69, 9.17) is 4.74 Å². The van der Waals surface area contributed by atoms with Crippen molar-refractivity contribution < 1.29 is 18.8 Å². The number of carbonyl (C=O) groups is 1. The van der Waals surface area contributed by atoms with E-state index in [9.17, 15) is 19.3 Å². The van der Waals surface area contributed by atoms with Crippen LogP contribution in [-0.4, -0.2) is 48.7 Å². The smallest absolute Gasteiger partial charge is 0.339 e. The average Bonchev–Trinajstić information content (AvgIpc) is 2.68. The Morgan fingerprint density at radius 3 is 2.52 bits per heavy atom. The Morgan fingerprint density at radius 2 is 1.93 bits per heavy atom. The molecule has 0 radical (unpaired) electrons. The summed E-state index contributed by atoms with van der Waals surface area (Å²) in [5, 5.41) is 11.2. The third-order valence-electron chi connectivity index (χ3n) is 4.34. The van der Waals surface area contributed by atoms with Gasteiger partial charge in [0.15, 0.2) is 0 Å². The molecule has 0 aliphatic carbocycles. The molecule has 27 heavy (non-hydrogen) atoms. The summed E-state index contributed by atoms with van der Waals surface area (Å²) in [6.07, 6.45) is 1.47. The topological polar surface area (TPSA) is 88.8 Å². The minimum absolute atomic E-state index is 0.109. The van der Waals surface area contributed by atoms with Crippen molar-refractivity contribution in [2.24, 2.45) is 0 Å². The van der Waals surface area contributed by atoms with Crippen LogP contribution in [0.1, 0.15) is 17.3 Å². The summed E-state index contributed by atoms with van der Waals surface area (Å²) in [5.74, 6) is -0.217. The molecule has 2 heterocycles. The number of anilines is 2. The van der Waals surface area contributed by atoms with Crippen LogP contribution >= 0.6 is 0 Å². The van der Waals surface area contributed by atoms with Crippen LogP contribution in [0.25, 0.3) is 0 Å². The molecule has 0 unspecified atom stereocenters. The first kappa shape index (κ1) is 18.6. The summed E-state index contributed by atoms with van der Waals surface area (Å²) in [6.45, 7) is 4.16. The fraction of sp³-hybridized carbons (Fsp3) is 0.333. The molecule has 142 valence electrons. The van der Waals surface area contributed by atoms with Crippen LogP contribution in [0, 0.1) is 15.9 Å². The maximum atomic E-state index is 13.6. The lowest BCUT2D eigenvalue weighted by Gasteiger charge is -2.36. The molecule has 1 aromatic carbocycles. The molecule has 1 aliphatic heterocycles. The van der Waals surface area contributed by atoms with E-state index in [1.807, 2.05) is 4.90 Å². The number of nitrogens with zero attached hydrogens (tertiary/aromatic N) is 4. The number of ether oxygens (including phenoxy) is 1. The number of pyridine rings is 1. The number of esters is 1. The van der Waals surface area contributed by atoms with Gasteiger partial charge < -0.3 is 14.5 Å². The van der Waals surface area contributed by atoms with Gasteiger partial charge in [0.25, 0.3) is 5.69 Å². The van der Waals surface area contributed by atoms with Crippen molar-refractivity contribution in [3.8, 4) is 0 Å². The van der Waals surface area contributed by atoms with E-state index in [1.165, 1.54) is 18.3 Å². The quantitative estimate of drug-likeness (QED) is 0.451. The predicted molar refractivity (Wildman–Crippen MR) is 97.7 cm³/mol. The van der Waals surface area contributed by atoms with E-state index >= 15 is 0 Å². The van der Waals surface area contributed by atoms with Crippen molar-refractivity contribution >= 4 is 23.2 Å². The Morgan fingerprint density at radius 1 is 1.22 bits per heavy atom. The number of nitro groups is 1. The van der Waals surface area contributed by atoms with Crippen molar-refractivity contribution in [3.63, 3.8) is 0 Å². The minimum atomic E-state index is -0.505. The second-order valence-electron chi connectivity index (χ2n) is 5.99. The van der Waals surface area contributed by atoms with E-state index in [0.29, 0.717) is 44.2 Å². The fourth-order valence-corrected chi connectivity index (χ4v) is 2.99. The lowest BCUT2D eigenvalue weighted by molar-refractivity contribution is -0.384. The maximum Gasteiger partial charge on any atom is 0.339 e. The monoisotopic (exact) mass is 374 g/mol. The second-order valence-corrected chi connectivity index (χ2v) is 5.99. The minimum Gasteiger partial charge on any atom is -0.462 e. The molecule has 0 spiro atoms. The van der Waals surface area contributed by atoms with Gasteiger partial charge in [0.2, 0.25) is 0 Å². The zero-order valence-corrected chi connectivity index (χ0v) is 14.8. The van der Waals surface area contributed by atoms with Crippen molar-refractivity contribution in [2.45, 2.75) is 6.92 Å². The molecule has 3 rings (SSSR count). The summed E-state index contributed by atoms with van der Waals surface area (Å²) >= 11 is 0. The maximum absolute atomic E-state index is 13.6. The van der Waals surface area contributed by atoms with Gasteiger partial charge in [-0.1, -0.05) is 0 Å². The summed E-state index contributed by atoms with van der Waals surface area (Å²) in [4.78, 5) is 30.5. The zero-order chi connectivity index (χ0) is 19.4. The first-order chi connectivity index (χ1) is 13.0. The SMILES string of the molecule is CCOC(=O)c1ccc(N2CCN(c3cc(F)ccc3[N+](=O)[O-])CC2)nc1. The highest BCUT2D eigenvalue weighted by Gasteiger charge is 2.25. The van der Waals surface area contributed by atoms with Crippen LogP contribution in [-0.2, 0) is 4.74 Å². The van der Waals surface area contributed by atoms with Gasteiger partial charge in [0.05, 0.1) is 17.1 Å². The highest BCUT2D eigenvalue weighted by Crippen LogP contribution is 2.30. The second kappa shape index (κ2) is 7.98. The van der Waals surface area contributed by atoms with E-state index in [2.05, 4.69) is 4.98 Å². The number of nitro benzene ring substituents is 1. The molecule has 1 aliphatic rings. The number of rotatable bonds is 5. The van der Waals surface area contributed by atoms with Gasteiger partial charge in [-0.25, -0.2) is 14.2 Å². The van der Waals surface area contributed by atoms with Gasteiger partial charge in [-0.3, -0.25) is 10.1 Å². The van der Waals surface area contributed by atoms with E-state index in [0.717, 1.165) is 6.07 Å². The van der Waals surface area contributed by atoms with Gasteiger partial charge in [-0.15, -0.1) is 0 Å². The molecule has 0 N–H and O–H groups in total. The largest absolute Gasteiger partial charge is 0.462 e. The Kier molecular flexibility index (Phi) is 5.49. The molecular weight excluding hydrogens is 355 g/mol. The van der Waals surface area contributed by atoms with Crippen LogP contribution < -0.4 is 9.80 Å². The fourth-order valence-electron chi connectivity index (χ4n) is 2.99. The molecule has 1 fully saturated rings. The number of carbonyl (C=O) groups excluding carboxylic acids is 1. The molecule has 0 atom stereocenters. The van der Waals surface area contributed by atoms with Crippen molar-refractivity contribution in [3.05, 3.63) is 58.0 Å². The van der Waals surface area contributed by atoms with Crippen LogP contribution in [0.4, 0.5) is 21.6 Å². The Hall–Kier alpha value is -3.23. The molecule has 8 nitrogen and oxygen atoms in total. The highest BCUT2D eigenvalue weighted by atomic mass is 19.1. The number of hydrogen-bond donors (Lipinski definition) is 0. The van der Waals surface area contributed by atoms with Crippen LogP contribution in [0.3, 0.4) is 0 Å². The van der Waals surface area contributed by atoms with Gasteiger partial charge in [0.1, 0.15) is 17.3 Å². The lowest BCUT2D eigenvalue weighted by atomic mass is 10.2. The third-order valence-corrected chi connectivity index (χ3v) is 4.34. The van der Waals surface area contributed by atoms with Gasteiger partial charge in [0, 0.05) is 44.5 Å². The first-order valence-corrected chi connectivity index (χ1v) is 8.56. The lowest BCUT2D eigenvalue weighted by Crippen LogP contribution is -2.47. The highest BCUT2D eigenvalue weighted by molar-refractivity contribution is 5.89. The summed E-state index contributed by atoms with van der Waals surface area (Å²) in [7, 11) is 0. The standard InChI is InChI=1S/C18H19FN4O4/c1-2-27-18(24)13-3-6-17(20-12-13)22-9-7-21(8-10-22)16-11-14(19)4-5-15(16)23(25)26/h3-6,11-12H,2,7-10H2,1H3. The number of hydrogen-bond acceptors (Lipinski definition) is 7. The van der Waals surface area contributed by atoms with Crippen molar-refractivity contribution in [2.75, 3.05) is 42.6 Å². The summed E-state index contributed by atoms with van der Waals surface area (Å²) in [6, 6.07) is 6.87.